The third kappa shape index (κ3) is 4.63. The summed E-state index contributed by atoms with van der Waals surface area (Å²) in [5.74, 6) is -0.508. The van der Waals surface area contributed by atoms with E-state index in [9.17, 15) is 9.59 Å². The van der Waals surface area contributed by atoms with E-state index in [4.69, 9.17) is 4.74 Å². The standard InChI is InChI=1S/C8H13NO3/c1-6(9-5-10)7(11)12-8(2,3)4/h6H,1-4H3/t6-/m1/s1. The van der Waals surface area contributed by atoms with Crippen molar-refractivity contribution in [3.63, 3.8) is 0 Å². The summed E-state index contributed by atoms with van der Waals surface area (Å²) in [4.78, 5) is 24.1. The zero-order chi connectivity index (χ0) is 9.78. The Labute approximate surface area is 71.6 Å². The number of isocyanates is 1. The molecule has 0 amide bonds. The first-order valence-electron chi connectivity index (χ1n) is 3.66. The number of aliphatic imine (C=N–C) groups is 1. The van der Waals surface area contributed by atoms with Gasteiger partial charge in [-0.2, -0.15) is 4.99 Å². The van der Waals surface area contributed by atoms with Gasteiger partial charge in [0.25, 0.3) is 0 Å². The van der Waals surface area contributed by atoms with Gasteiger partial charge in [0.1, 0.15) is 5.60 Å². The first kappa shape index (κ1) is 10.8. The molecule has 0 aromatic carbocycles. The molecule has 0 saturated heterocycles. The predicted molar refractivity (Wildman–Crippen MR) is 43.4 cm³/mol. The molecule has 1 atom stereocenters. The molecule has 0 heterocycles. The fraction of sp³-hybridized carbons (Fsp3) is 0.750. The van der Waals surface area contributed by atoms with Crippen LogP contribution in [0.4, 0.5) is 0 Å². The Morgan fingerprint density at radius 2 is 2.00 bits per heavy atom. The summed E-state index contributed by atoms with van der Waals surface area (Å²) < 4.78 is 4.94. The van der Waals surface area contributed by atoms with E-state index in [1.165, 1.54) is 13.0 Å². The van der Waals surface area contributed by atoms with Crippen LogP contribution in [-0.4, -0.2) is 23.7 Å². The van der Waals surface area contributed by atoms with Crippen molar-refractivity contribution in [2.75, 3.05) is 0 Å². The first-order valence-corrected chi connectivity index (χ1v) is 3.66. The van der Waals surface area contributed by atoms with Gasteiger partial charge in [0.05, 0.1) is 0 Å². The quantitative estimate of drug-likeness (QED) is 0.354. The van der Waals surface area contributed by atoms with E-state index < -0.39 is 17.6 Å². The van der Waals surface area contributed by atoms with Crippen molar-refractivity contribution in [1.82, 2.24) is 0 Å². The van der Waals surface area contributed by atoms with Crippen LogP contribution in [0.15, 0.2) is 4.99 Å². The molecule has 12 heavy (non-hydrogen) atoms. The molecule has 0 fully saturated rings. The average Bonchev–Trinajstić information content (AvgIpc) is 1.84. The summed E-state index contributed by atoms with van der Waals surface area (Å²) in [6, 6.07) is -0.762. The molecule has 0 bridgehead atoms. The highest BCUT2D eigenvalue weighted by Gasteiger charge is 2.20. The van der Waals surface area contributed by atoms with E-state index in [2.05, 4.69) is 4.99 Å². The van der Waals surface area contributed by atoms with Crippen molar-refractivity contribution < 1.29 is 14.3 Å². The van der Waals surface area contributed by atoms with Gasteiger partial charge in [0.15, 0.2) is 6.04 Å². The highest BCUT2D eigenvalue weighted by Crippen LogP contribution is 2.08. The van der Waals surface area contributed by atoms with Crippen molar-refractivity contribution in [2.24, 2.45) is 4.99 Å². The number of esters is 1. The van der Waals surface area contributed by atoms with E-state index in [0.29, 0.717) is 0 Å². The molecule has 0 radical (unpaired) electrons. The maximum Gasteiger partial charge on any atom is 0.332 e. The summed E-state index contributed by atoms with van der Waals surface area (Å²) in [6.07, 6.45) is 1.31. The third-order valence-corrected chi connectivity index (χ3v) is 0.994. The molecule has 0 spiro atoms. The highest BCUT2D eigenvalue weighted by atomic mass is 16.6. The van der Waals surface area contributed by atoms with Gasteiger partial charge in [-0.05, 0) is 27.7 Å². The molecule has 0 saturated carbocycles. The van der Waals surface area contributed by atoms with Crippen LogP contribution < -0.4 is 0 Å². The summed E-state index contributed by atoms with van der Waals surface area (Å²) in [5, 5.41) is 0. The van der Waals surface area contributed by atoms with Crippen LogP contribution in [0, 0.1) is 0 Å². The summed E-state index contributed by atoms with van der Waals surface area (Å²) in [5.41, 5.74) is -0.538. The minimum atomic E-state index is -0.762. The molecule has 0 aliphatic carbocycles. The first-order chi connectivity index (χ1) is 5.37. The Balaban J connectivity index is 4.14. The van der Waals surface area contributed by atoms with Crippen LogP contribution in [0.2, 0.25) is 0 Å². The number of hydrogen-bond donors (Lipinski definition) is 0. The van der Waals surface area contributed by atoms with Crippen molar-refractivity contribution in [3.8, 4) is 0 Å². The second-order valence-electron chi connectivity index (χ2n) is 3.43. The fourth-order valence-electron chi connectivity index (χ4n) is 0.519. The minimum absolute atomic E-state index is 0.508. The van der Waals surface area contributed by atoms with Gasteiger partial charge >= 0.3 is 5.97 Å². The lowest BCUT2D eigenvalue weighted by Gasteiger charge is -2.20. The van der Waals surface area contributed by atoms with E-state index in [0.717, 1.165) is 0 Å². The number of hydrogen-bond acceptors (Lipinski definition) is 4. The topological polar surface area (TPSA) is 55.7 Å². The molecule has 68 valence electrons. The van der Waals surface area contributed by atoms with Gasteiger partial charge in [-0.3, -0.25) is 0 Å². The van der Waals surface area contributed by atoms with Gasteiger partial charge in [-0.25, -0.2) is 9.59 Å². The number of carbonyl (C=O) groups is 1. The van der Waals surface area contributed by atoms with Crippen LogP contribution in [0.1, 0.15) is 27.7 Å². The average molecular weight is 171 g/mol. The van der Waals surface area contributed by atoms with Crippen molar-refractivity contribution in [3.05, 3.63) is 0 Å². The Bertz CT molecular complexity index is 211. The molecule has 4 heteroatoms. The SMILES string of the molecule is C[C@@H](N=C=O)C(=O)OC(C)(C)C. The van der Waals surface area contributed by atoms with Gasteiger partial charge < -0.3 is 4.74 Å². The predicted octanol–water partition coefficient (Wildman–Crippen LogP) is 1.05. The van der Waals surface area contributed by atoms with Crippen LogP contribution in [0.5, 0.6) is 0 Å². The number of nitrogens with zero attached hydrogens (tertiary/aromatic N) is 1. The van der Waals surface area contributed by atoms with Gasteiger partial charge in [-0.1, -0.05) is 0 Å². The molecule has 0 aliphatic rings. The molecule has 0 aliphatic heterocycles. The van der Waals surface area contributed by atoms with Gasteiger partial charge in [0, 0.05) is 0 Å². The summed E-state index contributed by atoms with van der Waals surface area (Å²) in [6.45, 7) is 6.74. The van der Waals surface area contributed by atoms with Crippen LogP contribution in [0.25, 0.3) is 0 Å². The zero-order valence-electron chi connectivity index (χ0n) is 7.75. The van der Waals surface area contributed by atoms with Crippen LogP contribution in [-0.2, 0) is 14.3 Å². The number of rotatable bonds is 2. The molecule has 0 aromatic heterocycles. The molecular weight excluding hydrogens is 158 g/mol. The smallest absolute Gasteiger partial charge is 0.332 e. The van der Waals surface area contributed by atoms with Crippen LogP contribution >= 0.6 is 0 Å². The molecule has 0 rings (SSSR count). The van der Waals surface area contributed by atoms with Crippen molar-refractivity contribution >= 4 is 12.0 Å². The Morgan fingerprint density at radius 3 is 2.33 bits per heavy atom. The summed E-state index contributed by atoms with van der Waals surface area (Å²) in [7, 11) is 0. The number of carbonyl (C=O) groups excluding carboxylic acids is 2. The maximum absolute atomic E-state index is 11.1. The van der Waals surface area contributed by atoms with Crippen molar-refractivity contribution in [1.29, 1.82) is 0 Å². The van der Waals surface area contributed by atoms with E-state index >= 15 is 0 Å². The Hall–Kier alpha value is -1.15. The lowest BCUT2D eigenvalue weighted by atomic mass is 10.2. The molecular formula is C8H13NO3. The molecule has 0 N–H and O–H groups in total. The minimum Gasteiger partial charge on any atom is -0.458 e. The highest BCUT2D eigenvalue weighted by molar-refractivity contribution is 5.76. The molecule has 0 unspecified atom stereocenters. The van der Waals surface area contributed by atoms with Crippen LogP contribution in [0.3, 0.4) is 0 Å². The number of ether oxygens (including phenoxy) is 1. The second-order valence-corrected chi connectivity index (χ2v) is 3.43. The Morgan fingerprint density at radius 1 is 1.50 bits per heavy atom. The summed E-state index contributed by atoms with van der Waals surface area (Å²) >= 11 is 0. The fourth-order valence-corrected chi connectivity index (χ4v) is 0.519. The van der Waals surface area contributed by atoms with Gasteiger partial charge in [-0.15, -0.1) is 0 Å². The van der Waals surface area contributed by atoms with E-state index in [-0.39, 0.29) is 0 Å². The lowest BCUT2D eigenvalue weighted by molar-refractivity contribution is -0.155. The molecule has 4 nitrogen and oxygen atoms in total. The Kier molecular flexibility index (Phi) is 3.64. The zero-order valence-corrected chi connectivity index (χ0v) is 7.75. The van der Waals surface area contributed by atoms with E-state index in [1.807, 2.05) is 0 Å². The largest absolute Gasteiger partial charge is 0.458 e. The van der Waals surface area contributed by atoms with Crippen molar-refractivity contribution in [2.45, 2.75) is 39.3 Å². The normalized spacial score (nSPS) is 13.0. The monoisotopic (exact) mass is 171 g/mol. The lowest BCUT2D eigenvalue weighted by Crippen LogP contribution is -2.29. The van der Waals surface area contributed by atoms with Gasteiger partial charge in [0.2, 0.25) is 6.08 Å². The third-order valence-electron chi connectivity index (χ3n) is 0.994. The molecule has 0 aromatic rings. The van der Waals surface area contributed by atoms with E-state index in [1.54, 1.807) is 20.8 Å². The maximum atomic E-state index is 11.1. The second kappa shape index (κ2) is 4.02.